The van der Waals surface area contributed by atoms with Crippen molar-refractivity contribution in [2.75, 3.05) is 26.5 Å². The lowest BCUT2D eigenvalue weighted by Gasteiger charge is -2.25. The molecule has 0 saturated carbocycles. The average molecular weight is 397 g/mol. The van der Waals surface area contributed by atoms with Gasteiger partial charge in [0.15, 0.2) is 0 Å². The predicted octanol–water partition coefficient (Wildman–Crippen LogP) is 4.61. The first-order valence-corrected chi connectivity index (χ1v) is 9.22. The van der Waals surface area contributed by atoms with Gasteiger partial charge in [0.2, 0.25) is 0 Å². The summed E-state index contributed by atoms with van der Waals surface area (Å²) in [5.41, 5.74) is 0.0767. The second kappa shape index (κ2) is 7.72. The number of nitrogens with zero attached hydrogens (tertiary/aromatic N) is 1. The van der Waals surface area contributed by atoms with Gasteiger partial charge in [-0.2, -0.15) is 13.2 Å². The number of ether oxygens (including phenoxy) is 2. The van der Waals surface area contributed by atoms with Crippen LogP contribution in [0.1, 0.15) is 26.9 Å². The van der Waals surface area contributed by atoms with Crippen LogP contribution >= 0.6 is 11.8 Å². The second-order valence-electron chi connectivity index (χ2n) is 5.91. The van der Waals surface area contributed by atoms with E-state index in [2.05, 4.69) is 0 Å². The molecule has 3 rings (SSSR count). The monoisotopic (exact) mass is 397 g/mol. The Kier molecular flexibility index (Phi) is 5.55. The molecule has 0 radical (unpaired) electrons. The molecular weight excluding hydrogens is 379 g/mol. The number of halogens is 3. The number of carbonyl (C=O) groups is 1. The van der Waals surface area contributed by atoms with Crippen molar-refractivity contribution in [1.29, 1.82) is 0 Å². The molecular formula is C19H18F3NO3S. The highest BCUT2D eigenvalue weighted by molar-refractivity contribution is 7.99. The SMILES string of the molecule is COc1ccc(C(=O)N2CCSC2c2cccc(C(F)(F)F)c2)c(OC)c1. The maximum Gasteiger partial charge on any atom is 0.416 e. The predicted molar refractivity (Wildman–Crippen MR) is 97.2 cm³/mol. The fourth-order valence-corrected chi connectivity index (χ4v) is 4.20. The molecule has 0 aliphatic carbocycles. The molecule has 1 amide bonds. The molecule has 2 aromatic rings. The fraction of sp³-hybridized carbons (Fsp3) is 0.316. The van der Waals surface area contributed by atoms with Crippen molar-refractivity contribution < 1.29 is 27.4 Å². The topological polar surface area (TPSA) is 38.8 Å². The summed E-state index contributed by atoms with van der Waals surface area (Å²) in [6.45, 7) is 0.444. The van der Waals surface area contributed by atoms with E-state index in [0.717, 1.165) is 12.1 Å². The molecule has 2 aromatic carbocycles. The van der Waals surface area contributed by atoms with E-state index < -0.39 is 17.1 Å². The quantitative estimate of drug-likeness (QED) is 0.755. The van der Waals surface area contributed by atoms with Crippen molar-refractivity contribution in [3.63, 3.8) is 0 Å². The van der Waals surface area contributed by atoms with Gasteiger partial charge in [-0.15, -0.1) is 11.8 Å². The Morgan fingerprint density at radius 3 is 2.59 bits per heavy atom. The molecule has 1 unspecified atom stereocenters. The second-order valence-corrected chi connectivity index (χ2v) is 7.10. The number of hydrogen-bond acceptors (Lipinski definition) is 4. The lowest BCUT2D eigenvalue weighted by Crippen LogP contribution is -2.30. The average Bonchev–Trinajstić information content (AvgIpc) is 3.16. The van der Waals surface area contributed by atoms with Crippen LogP contribution in [0.4, 0.5) is 13.2 Å². The molecule has 1 aliphatic rings. The number of amides is 1. The first-order chi connectivity index (χ1) is 12.8. The van der Waals surface area contributed by atoms with E-state index >= 15 is 0 Å². The summed E-state index contributed by atoms with van der Waals surface area (Å²) in [7, 11) is 2.96. The minimum atomic E-state index is -4.42. The third-order valence-corrected chi connectivity index (χ3v) is 5.55. The summed E-state index contributed by atoms with van der Waals surface area (Å²) in [6, 6.07) is 9.98. The third kappa shape index (κ3) is 4.00. The number of thioether (sulfide) groups is 1. The standard InChI is InChI=1S/C19H18F3NO3S/c1-25-14-6-7-15(16(11-14)26-2)17(24)23-8-9-27-18(23)12-4-3-5-13(10-12)19(20,21)22/h3-7,10-11,18H,8-9H2,1-2H3. The van der Waals surface area contributed by atoms with Gasteiger partial charge in [0.05, 0.1) is 25.3 Å². The summed E-state index contributed by atoms with van der Waals surface area (Å²) in [5, 5.41) is -0.480. The lowest BCUT2D eigenvalue weighted by molar-refractivity contribution is -0.137. The van der Waals surface area contributed by atoms with E-state index in [4.69, 9.17) is 9.47 Å². The molecule has 0 N–H and O–H groups in total. The maximum atomic E-state index is 13.1. The van der Waals surface area contributed by atoms with Crippen molar-refractivity contribution in [3.8, 4) is 11.5 Å². The number of rotatable bonds is 4. The van der Waals surface area contributed by atoms with Gasteiger partial charge in [0, 0.05) is 18.4 Å². The summed E-state index contributed by atoms with van der Waals surface area (Å²) >= 11 is 1.44. The molecule has 1 heterocycles. The van der Waals surface area contributed by atoms with Crippen LogP contribution in [0.15, 0.2) is 42.5 Å². The normalized spacial score (nSPS) is 17.1. The summed E-state index contributed by atoms with van der Waals surface area (Å²) < 4.78 is 49.5. The van der Waals surface area contributed by atoms with Gasteiger partial charge in [-0.25, -0.2) is 0 Å². The first-order valence-electron chi connectivity index (χ1n) is 8.17. The van der Waals surface area contributed by atoms with Gasteiger partial charge in [-0.1, -0.05) is 12.1 Å². The van der Waals surface area contributed by atoms with Gasteiger partial charge >= 0.3 is 6.18 Å². The maximum absolute atomic E-state index is 13.1. The minimum Gasteiger partial charge on any atom is -0.497 e. The van der Waals surface area contributed by atoms with Crippen LogP contribution in [0.3, 0.4) is 0 Å². The van der Waals surface area contributed by atoms with Gasteiger partial charge in [0.1, 0.15) is 16.9 Å². The van der Waals surface area contributed by atoms with Crippen molar-refractivity contribution in [2.24, 2.45) is 0 Å². The van der Waals surface area contributed by atoms with Gasteiger partial charge in [-0.3, -0.25) is 4.79 Å². The lowest BCUT2D eigenvalue weighted by atomic mass is 10.1. The van der Waals surface area contributed by atoms with Gasteiger partial charge in [0.25, 0.3) is 5.91 Å². The van der Waals surface area contributed by atoms with Crippen LogP contribution in [-0.4, -0.2) is 37.3 Å². The van der Waals surface area contributed by atoms with Crippen molar-refractivity contribution in [1.82, 2.24) is 4.90 Å². The highest BCUT2D eigenvalue weighted by atomic mass is 32.2. The van der Waals surface area contributed by atoms with Crippen LogP contribution in [0.2, 0.25) is 0 Å². The highest BCUT2D eigenvalue weighted by Gasteiger charge is 2.35. The zero-order chi connectivity index (χ0) is 19.6. The number of methoxy groups -OCH3 is 2. The van der Waals surface area contributed by atoms with Crippen molar-refractivity contribution in [2.45, 2.75) is 11.6 Å². The van der Waals surface area contributed by atoms with Gasteiger partial charge in [-0.05, 0) is 29.8 Å². The van der Waals surface area contributed by atoms with E-state index in [1.807, 2.05) is 0 Å². The summed E-state index contributed by atoms with van der Waals surface area (Å²) in [6.07, 6.45) is -4.42. The van der Waals surface area contributed by atoms with E-state index in [1.165, 1.54) is 32.0 Å². The molecule has 1 fully saturated rings. The molecule has 8 heteroatoms. The smallest absolute Gasteiger partial charge is 0.416 e. The number of alkyl halides is 3. The molecule has 4 nitrogen and oxygen atoms in total. The zero-order valence-corrected chi connectivity index (χ0v) is 15.6. The molecule has 1 aliphatic heterocycles. The van der Waals surface area contributed by atoms with Gasteiger partial charge < -0.3 is 14.4 Å². The molecule has 0 spiro atoms. The Morgan fingerprint density at radius 2 is 1.93 bits per heavy atom. The van der Waals surface area contributed by atoms with Crippen LogP contribution in [-0.2, 0) is 6.18 Å². The Labute approximate surface area is 159 Å². The number of hydrogen-bond donors (Lipinski definition) is 0. The van der Waals surface area contributed by atoms with Crippen LogP contribution in [0, 0.1) is 0 Å². The fourth-order valence-electron chi connectivity index (χ4n) is 2.95. The number of carbonyl (C=O) groups excluding carboxylic acids is 1. The molecule has 144 valence electrons. The van der Waals surface area contributed by atoms with E-state index in [0.29, 0.717) is 34.9 Å². The van der Waals surface area contributed by atoms with Crippen LogP contribution < -0.4 is 9.47 Å². The molecule has 1 saturated heterocycles. The summed E-state index contributed by atoms with van der Waals surface area (Å²) in [4.78, 5) is 14.6. The Bertz CT molecular complexity index is 841. The first kappa shape index (κ1) is 19.4. The minimum absolute atomic E-state index is 0.290. The third-order valence-electron chi connectivity index (χ3n) is 4.29. The van der Waals surface area contributed by atoms with Crippen molar-refractivity contribution in [3.05, 3.63) is 59.2 Å². The molecule has 0 bridgehead atoms. The Hall–Kier alpha value is -2.35. The Morgan fingerprint density at radius 1 is 1.15 bits per heavy atom. The molecule has 27 heavy (non-hydrogen) atoms. The number of benzene rings is 2. The molecule has 0 aromatic heterocycles. The largest absolute Gasteiger partial charge is 0.497 e. The van der Waals surface area contributed by atoms with E-state index in [1.54, 1.807) is 29.2 Å². The zero-order valence-electron chi connectivity index (χ0n) is 14.7. The Balaban J connectivity index is 1.92. The van der Waals surface area contributed by atoms with E-state index in [9.17, 15) is 18.0 Å². The van der Waals surface area contributed by atoms with Crippen LogP contribution in [0.25, 0.3) is 0 Å². The summed E-state index contributed by atoms with van der Waals surface area (Å²) in [5.74, 6) is 1.26. The molecule has 1 atom stereocenters. The highest BCUT2D eigenvalue weighted by Crippen LogP contribution is 2.41. The van der Waals surface area contributed by atoms with Crippen LogP contribution in [0.5, 0.6) is 11.5 Å². The van der Waals surface area contributed by atoms with E-state index in [-0.39, 0.29) is 5.91 Å². The van der Waals surface area contributed by atoms with Crippen molar-refractivity contribution >= 4 is 17.7 Å².